The molecule has 0 fully saturated rings. The number of nitrogens with zero attached hydrogens (tertiary/aromatic N) is 3. The molecule has 0 spiro atoms. The van der Waals surface area contributed by atoms with Crippen molar-refractivity contribution in [1.82, 2.24) is 14.8 Å². The average molecular weight is 264 g/mol. The second-order valence-corrected chi connectivity index (χ2v) is 4.57. The lowest BCUT2D eigenvalue weighted by Gasteiger charge is -2.10. The molecule has 0 aliphatic carbocycles. The molecule has 1 aromatic heterocycles. The molecule has 0 radical (unpaired) electrons. The number of rotatable bonds is 5. The maximum absolute atomic E-state index is 13.5. The normalized spacial score (nSPS) is 12.4. The quantitative estimate of drug-likeness (QED) is 0.887. The number of halogens is 1. The lowest BCUT2D eigenvalue weighted by atomic mass is 10.1. The molecular formula is C13H17FN4O. The largest absolute Gasteiger partial charge is 0.486 e. The Labute approximate surface area is 111 Å². The highest BCUT2D eigenvalue weighted by atomic mass is 19.1. The van der Waals surface area contributed by atoms with E-state index in [9.17, 15) is 4.39 Å². The second-order valence-electron chi connectivity index (χ2n) is 4.57. The fourth-order valence-electron chi connectivity index (χ4n) is 1.79. The van der Waals surface area contributed by atoms with Gasteiger partial charge < -0.3 is 10.5 Å². The van der Waals surface area contributed by atoms with E-state index in [1.807, 2.05) is 6.92 Å². The van der Waals surface area contributed by atoms with Gasteiger partial charge in [-0.1, -0.05) is 0 Å². The summed E-state index contributed by atoms with van der Waals surface area (Å²) in [7, 11) is 1.78. The van der Waals surface area contributed by atoms with Crippen LogP contribution >= 0.6 is 0 Å². The van der Waals surface area contributed by atoms with E-state index in [0.717, 1.165) is 5.56 Å². The summed E-state index contributed by atoms with van der Waals surface area (Å²) >= 11 is 0. The van der Waals surface area contributed by atoms with Crippen molar-refractivity contribution in [3.05, 3.63) is 41.7 Å². The third-order valence-electron chi connectivity index (χ3n) is 2.66. The zero-order valence-corrected chi connectivity index (χ0v) is 11.0. The van der Waals surface area contributed by atoms with E-state index in [4.69, 9.17) is 10.5 Å². The summed E-state index contributed by atoms with van der Waals surface area (Å²) in [6, 6.07) is 4.59. The van der Waals surface area contributed by atoms with Gasteiger partial charge in [0.2, 0.25) is 0 Å². The monoisotopic (exact) mass is 264 g/mol. The van der Waals surface area contributed by atoms with Crippen LogP contribution in [0.1, 0.15) is 18.3 Å². The molecule has 0 aliphatic heterocycles. The number of benzene rings is 1. The van der Waals surface area contributed by atoms with Gasteiger partial charge in [-0.25, -0.2) is 9.37 Å². The van der Waals surface area contributed by atoms with Gasteiger partial charge in [0.05, 0.1) is 0 Å². The topological polar surface area (TPSA) is 66.0 Å². The molecular weight excluding hydrogens is 247 g/mol. The molecule has 102 valence electrons. The van der Waals surface area contributed by atoms with E-state index in [1.165, 1.54) is 18.5 Å². The molecule has 0 aliphatic rings. The first kappa shape index (κ1) is 13.5. The minimum atomic E-state index is -0.328. The highest BCUT2D eigenvalue weighted by molar-refractivity contribution is 5.30. The molecule has 2 rings (SSSR count). The van der Waals surface area contributed by atoms with Crippen LogP contribution in [-0.2, 0) is 20.1 Å². The van der Waals surface area contributed by atoms with Crippen molar-refractivity contribution in [1.29, 1.82) is 0 Å². The van der Waals surface area contributed by atoms with E-state index < -0.39 is 0 Å². The zero-order valence-electron chi connectivity index (χ0n) is 11.0. The Morgan fingerprint density at radius 2 is 2.21 bits per heavy atom. The minimum absolute atomic E-state index is 0.0200. The smallest absolute Gasteiger partial charge is 0.164 e. The van der Waals surface area contributed by atoms with Gasteiger partial charge in [0.25, 0.3) is 0 Å². The fraction of sp³-hybridized carbons (Fsp3) is 0.385. The van der Waals surface area contributed by atoms with Crippen LogP contribution in [0.5, 0.6) is 5.75 Å². The van der Waals surface area contributed by atoms with Crippen molar-refractivity contribution < 1.29 is 9.13 Å². The molecule has 0 bridgehead atoms. The van der Waals surface area contributed by atoms with Crippen molar-refractivity contribution in [3.63, 3.8) is 0 Å². The third-order valence-corrected chi connectivity index (χ3v) is 2.66. The Kier molecular flexibility index (Phi) is 4.11. The molecule has 1 aromatic carbocycles. The third kappa shape index (κ3) is 3.75. The Balaban J connectivity index is 2.07. The van der Waals surface area contributed by atoms with E-state index in [0.29, 0.717) is 18.0 Å². The van der Waals surface area contributed by atoms with Gasteiger partial charge in [-0.05, 0) is 31.0 Å². The maximum Gasteiger partial charge on any atom is 0.164 e. The number of hydrogen-bond acceptors (Lipinski definition) is 4. The van der Waals surface area contributed by atoms with Crippen LogP contribution in [0, 0.1) is 5.82 Å². The van der Waals surface area contributed by atoms with Gasteiger partial charge in [0.15, 0.2) is 5.82 Å². The summed E-state index contributed by atoms with van der Waals surface area (Å²) in [6.07, 6.45) is 2.06. The lowest BCUT2D eigenvalue weighted by Crippen LogP contribution is -2.17. The van der Waals surface area contributed by atoms with Gasteiger partial charge in [0.1, 0.15) is 24.5 Å². The molecule has 1 heterocycles. The molecule has 19 heavy (non-hydrogen) atoms. The average Bonchev–Trinajstić information content (AvgIpc) is 2.70. The van der Waals surface area contributed by atoms with Crippen LogP contribution in [0.3, 0.4) is 0 Å². The predicted molar refractivity (Wildman–Crippen MR) is 69.1 cm³/mol. The van der Waals surface area contributed by atoms with Crippen molar-refractivity contribution in [3.8, 4) is 5.75 Å². The number of nitrogens with two attached hydrogens (primary N) is 1. The molecule has 5 nitrogen and oxygen atoms in total. The van der Waals surface area contributed by atoms with Gasteiger partial charge in [-0.2, -0.15) is 5.10 Å². The number of hydrogen-bond donors (Lipinski definition) is 1. The SMILES string of the molecule is CC(N)Cc1cc(F)cc(OCc2ncnn2C)c1. The van der Waals surface area contributed by atoms with Crippen molar-refractivity contribution in [2.45, 2.75) is 26.0 Å². The van der Waals surface area contributed by atoms with Crippen molar-refractivity contribution >= 4 is 0 Å². The second kappa shape index (κ2) is 5.79. The maximum atomic E-state index is 13.5. The van der Waals surface area contributed by atoms with E-state index in [1.54, 1.807) is 17.8 Å². The molecule has 0 amide bonds. The van der Waals surface area contributed by atoms with Crippen LogP contribution in [0.15, 0.2) is 24.5 Å². The molecule has 0 saturated carbocycles. The number of aryl methyl sites for hydroxylation is 1. The van der Waals surface area contributed by atoms with Gasteiger partial charge in [-0.15, -0.1) is 0 Å². The highest BCUT2D eigenvalue weighted by Gasteiger charge is 2.06. The van der Waals surface area contributed by atoms with Gasteiger partial charge in [-0.3, -0.25) is 4.68 Å². The molecule has 2 aromatic rings. The molecule has 6 heteroatoms. The van der Waals surface area contributed by atoms with Crippen LogP contribution < -0.4 is 10.5 Å². The molecule has 2 N–H and O–H groups in total. The fourth-order valence-corrected chi connectivity index (χ4v) is 1.79. The van der Waals surface area contributed by atoms with Crippen LogP contribution in [-0.4, -0.2) is 20.8 Å². The molecule has 0 saturated heterocycles. The summed E-state index contributed by atoms with van der Waals surface area (Å²) in [5.41, 5.74) is 6.53. The highest BCUT2D eigenvalue weighted by Crippen LogP contribution is 2.18. The minimum Gasteiger partial charge on any atom is -0.486 e. The van der Waals surface area contributed by atoms with Crippen LogP contribution in [0.25, 0.3) is 0 Å². The Morgan fingerprint density at radius 1 is 1.42 bits per heavy atom. The van der Waals surface area contributed by atoms with E-state index >= 15 is 0 Å². The molecule has 1 atom stereocenters. The van der Waals surface area contributed by atoms with Crippen molar-refractivity contribution in [2.75, 3.05) is 0 Å². The standard InChI is InChI=1S/C13H17FN4O/c1-9(15)3-10-4-11(14)6-12(5-10)19-7-13-16-8-17-18(13)2/h4-6,8-9H,3,7,15H2,1-2H3. The van der Waals surface area contributed by atoms with Crippen LogP contribution in [0.4, 0.5) is 4.39 Å². The van der Waals surface area contributed by atoms with Crippen molar-refractivity contribution in [2.24, 2.45) is 12.8 Å². The Hall–Kier alpha value is -1.95. The predicted octanol–water partition coefficient (Wildman–Crippen LogP) is 1.42. The lowest BCUT2D eigenvalue weighted by molar-refractivity contribution is 0.288. The number of aromatic nitrogens is 3. The van der Waals surface area contributed by atoms with Gasteiger partial charge in [0, 0.05) is 19.2 Å². The summed E-state index contributed by atoms with van der Waals surface area (Å²) in [5.74, 6) is 0.822. The van der Waals surface area contributed by atoms with Gasteiger partial charge >= 0.3 is 0 Å². The van der Waals surface area contributed by atoms with Crippen LogP contribution in [0.2, 0.25) is 0 Å². The van der Waals surface area contributed by atoms with E-state index in [-0.39, 0.29) is 18.5 Å². The van der Waals surface area contributed by atoms with E-state index in [2.05, 4.69) is 10.1 Å². The first-order valence-electron chi connectivity index (χ1n) is 6.05. The Morgan fingerprint density at radius 3 is 2.84 bits per heavy atom. The first-order valence-corrected chi connectivity index (χ1v) is 6.05. The summed E-state index contributed by atoms with van der Waals surface area (Å²) in [4.78, 5) is 4.04. The summed E-state index contributed by atoms with van der Waals surface area (Å²) in [6.45, 7) is 2.13. The Bertz CT molecular complexity index is 553. The molecule has 1 unspecified atom stereocenters. The number of ether oxygens (including phenoxy) is 1. The zero-order chi connectivity index (χ0) is 13.8. The summed E-state index contributed by atoms with van der Waals surface area (Å²) in [5, 5.41) is 3.94. The first-order chi connectivity index (χ1) is 9.04. The summed E-state index contributed by atoms with van der Waals surface area (Å²) < 4.78 is 20.6.